The number of benzene rings is 1. The number of piperidine rings is 1. The maximum absolute atomic E-state index is 12.6. The number of amides is 1. The summed E-state index contributed by atoms with van der Waals surface area (Å²) in [4.78, 5) is 12.6. The predicted molar refractivity (Wildman–Crippen MR) is 83.1 cm³/mol. The highest BCUT2D eigenvalue weighted by atomic mass is 16.5. The van der Waals surface area contributed by atoms with Crippen molar-refractivity contribution < 1.29 is 14.3 Å². The van der Waals surface area contributed by atoms with Crippen molar-refractivity contribution in [2.75, 3.05) is 32.6 Å². The summed E-state index contributed by atoms with van der Waals surface area (Å²) in [7, 11) is 3.19. The first-order valence-corrected chi connectivity index (χ1v) is 7.25. The Morgan fingerprint density at radius 2 is 1.76 bits per heavy atom. The minimum atomic E-state index is -0.315. The fourth-order valence-electron chi connectivity index (χ4n) is 2.59. The van der Waals surface area contributed by atoms with Gasteiger partial charge in [0.15, 0.2) is 11.5 Å². The Bertz CT molecular complexity index is 522. The van der Waals surface area contributed by atoms with Gasteiger partial charge in [-0.25, -0.2) is 0 Å². The molecule has 0 aliphatic carbocycles. The lowest BCUT2D eigenvalue weighted by molar-refractivity contribution is -0.126. The van der Waals surface area contributed by atoms with Gasteiger partial charge in [0.05, 0.1) is 14.2 Å². The smallest absolute Gasteiger partial charge is 0.230 e. The third kappa shape index (κ3) is 3.29. The van der Waals surface area contributed by atoms with E-state index >= 15 is 0 Å². The Kier molecular flexibility index (Phi) is 4.73. The summed E-state index contributed by atoms with van der Waals surface area (Å²) >= 11 is 0. The van der Waals surface area contributed by atoms with Crippen molar-refractivity contribution >= 4 is 11.6 Å². The molecule has 1 fully saturated rings. The largest absolute Gasteiger partial charge is 0.493 e. The van der Waals surface area contributed by atoms with Gasteiger partial charge in [-0.3, -0.25) is 4.79 Å². The molecular formula is C16H24N2O3. The van der Waals surface area contributed by atoms with Gasteiger partial charge in [-0.2, -0.15) is 0 Å². The van der Waals surface area contributed by atoms with Crippen molar-refractivity contribution in [3.8, 4) is 11.5 Å². The summed E-state index contributed by atoms with van der Waals surface area (Å²) in [6.45, 7) is 5.74. The van der Waals surface area contributed by atoms with Crippen LogP contribution in [0, 0.1) is 12.3 Å². The van der Waals surface area contributed by atoms with Gasteiger partial charge in [0, 0.05) is 17.2 Å². The van der Waals surface area contributed by atoms with Crippen molar-refractivity contribution in [3.63, 3.8) is 0 Å². The fraction of sp³-hybridized carbons (Fsp3) is 0.562. The number of carbonyl (C=O) groups excluding carboxylic acids is 1. The SMILES string of the molecule is COc1cc(C)c(NC(=O)C2(C)CCNCC2)cc1OC. The number of anilines is 1. The molecule has 1 aliphatic rings. The molecule has 0 aromatic heterocycles. The lowest BCUT2D eigenvalue weighted by Gasteiger charge is -2.32. The molecule has 0 unspecified atom stereocenters. The van der Waals surface area contributed by atoms with Gasteiger partial charge in [0.25, 0.3) is 0 Å². The number of hydrogen-bond donors (Lipinski definition) is 2. The molecule has 0 spiro atoms. The Balaban J connectivity index is 2.20. The van der Waals surface area contributed by atoms with Crippen LogP contribution >= 0.6 is 0 Å². The molecule has 2 rings (SSSR count). The average molecular weight is 292 g/mol. The molecule has 0 radical (unpaired) electrons. The first-order chi connectivity index (χ1) is 10.00. The lowest BCUT2D eigenvalue weighted by atomic mass is 9.80. The van der Waals surface area contributed by atoms with Crippen molar-refractivity contribution in [2.24, 2.45) is 5.41 Å². The van der Waals surface area contributed by atoms with E-state index in [4.69, 9.17) is 9.47 Å². The molecule has 2 N–H and O–H groups in total. The van der Waals surface area contributed by atoms with Crippen LogP contribution in [0.2, 0.25) is 0 Å². The Morgan fingerprint density at radius 3 is 2.33 bits per heavy atom. The van der Waals surface area contributed by atoms with Gasteiger partial charge in [-0.05, 0) is 44.5 Å². The average Bonchev–Trinajstić information content (AvgIpc) is 2.49. The third-order valence-electron chi connectivity index (χ3n) is 4.23. The highest BCUT2D eigenvalue weighted by molar-refractivity contribution is 5.96. The van der Waals surface area contributed by atoms with Crippen LogP contribution in [0.3, 0.4) is 0 Å². The Morgan fingerprint density at radius 1 is 1.19 bits per heavy atom. The molecule has 1 amide bonds. The Hall–Kier alpha value is -1.75. The quantitative estimate of drug-likeness (QED) is 0.894. The first kappa shape index (κ1) is 15.6. The van der Waals surface area contributed by atoms with Gasteiger partial charge < -0.3 is 20.1 Å². The molecule has 0 bridgehead atoms. The maximum Gasteiger partial charge on any atom is 0.230 e. The molecule has 1 aromatic carbocycles. The zero-order chi connectivity index (χ0) is 15.5. The van der Waals surface area contributed by atoms with Crippen LogP contribution < -0.4 is 20.1 Å². The highest BCUT2D eigenvalue weighted by Gasteiger charge is 2.34. The standard InChI is InChI=1S/C16H24N2O3/c1-11-9-13(20-3)14(21-4)10-12(11)18-15(19)16(2)5-7-17-8-6-16/h9-10,17H,5-8H2,1-4H3,(H,18,19). The second-order valence-electron chi connectivity index (χ2n) is 5.79. The second kappa shape index (κ2) is 6.35. The van der Waals surface area contributed by atoms with E-state index < -0.39 is 0 Å². The summed E-state index contributed by atoms with van der Waals surface area (Å²) in [6, 6.07) is 3.69. The van der Waals surface area contributed by atoms with E-state index in [0.717, 1.165) is 37.2 Å². The first-order valence-electron chi connectivity index (χ1n) is 7.25. The van der Waals surface area contributed by atoms with E-state index in [1.807, 2.05) is 26.0 Å². The van der Waals surface area contributed by atoms with Crippen molar-refractivity contribution in [2.45, 2.75) is 26.7 Å². The minimum Gasteiger partial charge on any atom is -0.493 e. The van der Waals surface area contributed by atoms with Crippen LogP contribution in [0.5, 0.6) is 11.5 Å². The molecular weight excluding hydrogens is 268 g/mol. The van der Waals surface area contributed by atoms with E-state index in [2.05, 4.69) is 10.6 Å². The summed E-state index contributed by atoms with van der Waals surface area (Å²) in [5, 5.41) is 6.33. The van der Waals surface area contributed by atoms with Gasteiger partial charge >= 0.3 is 0 Å². The second-order valence-corrected chi connectivity index (χ2v) is 5.79. The molecule has 1 heterocycles. The number of methoxy groups -OCH3 is 2. The van der Waals surface area contributed by atoms with E-state index in [1.54, 1.807) is 14.2 Å². The van der Waals surface area contributed by atoms with Crippen molar-refractivity contribution in [1.82, 2.24) is 5.32 Å². The summed E-state index contributed by atoms with van der Waals surface area (Å²) < 4.78 is 10.6. The molecule has 0 atom stereocenters. The van der Waals surface area contributed by atoms with Gasteiger partial charge in [0.1, 0.15) is 0 Å². The zero-order valence-electron chi connectivity index (χ0n) is 13.2. The van der Waals surface area contributed by atoms with Crippen LogP contribution in [0.25, 0.3) is 0 Å². The van der Waals surface area contributed by atoms with Crippen LogP contribution in [-0.2, 0) is 4.79 Å². The summed E-state index contributed by atoms with van der Waals surface area (Å²) in [5.74, 6) is 1.36. The molecule has 21 heavy (non-hydrogen) atoms. The number of rotatable bonds is 4. The van der Waals surface area contributed by atoms with E-state index in [0.29, 0.717) is 11.5 Å². The monoisotopic (exact) mass is 292 g/mol. The highest BCUT2D eigenvalue weighted by Crippen LogP contribution is 2.35. The van der Waals surface area contributed by atoms with E-state index in [9.17, 15) is 4.79 Å². The normalized spacial score (nSPS) is 17.1. The van der Waals surface area contributed by atoms with E-state index in [1.165, 1.54) is 0 Å². The molecule has 1 aromatic rings. The van der Waals surface area contributed by atoms with Gasteiger partial charge in [-0.1, -0.05) is 6.92 Å². The predicted octanol–water partition coefficient (Wildman–Crippen LogP) is 2.34. The molecule has 5 heteroatoms. The van der Waals surface area contributed by atoms with Crippen molar-refractivity contribution in [3.05, 3.63) is 17.7 Å². The van der Waals surface area contributed by atoms with Crippen LogP contribution in [0.1, 0.15) is 25.3 Å². The molecule has 1 saturated heterocycles. The van der Waals surface area contributed by atoms with Gasteiger partial charge in [0.2, 0.25) is 5.91 Å². The van der Waals surface area contributed by atoms with Crippen LogP contribution in [0.4, 0.5) is 5.69 Å². The number of hydrogen-bond acceptors (Lipinski definition) is 4. The summed E-state index contributed by atoms with van der Waals surface area (Å²) in [6.07, 6.45) is 1.70. The number of aryl methyl sites for hydroxylation is 1. The third-order valence-corrected chi connectivity index (χ3v) is 4.23. The van der Waals surface area contributed by atoms with Crippen molar-refractivity contribution in [1.29, 1.82) is 0 Å². The maximum atomic E-state index is 12.6. The van der Waals surface area contributed by atoms with Gasteiger partial charge in [-0.15, -0.1) is 0 Å². The van der Waals surface area contributed by atoms with E-state index in [-0.39, 0.29) is 11.3 Å². The minimum absolute atomic E-state index is 0.0688. The Labute approximate surface area is 126 Å². The molecule has 1 aliphatic heterocycles. The van der Waals surface area contributed by atoms with Crippen LogP contribution in [-0.4, -0.2) is 33.2 Å². The molecule has 0 saturated carbocycles. The number of nitrogens with one attached hydrogen (secondary N) is 2. The lowest BCUT2D eigenvalue weighted by Crippen LogP contribution is -2.42. The number of carbonyl (C=O) groups is 1. The summed E-state index contributed by atoms with van der Waals surface area (Å²) in [5.41, 5.74) is 1.42. The van der Waals surface area contributed by atoms with Crippen LogP contribution in [0.15, 0.2) is 12.1 Å². The molecule has 5 nitrogen and oxygen atoms in total. The fourth-order valence-corrected chi connectivity index (χ4v) is 2.59. The topological polar surface area (TPSA) is 59.6 Å². The zero-order valence-corrected chi connectivity index (χ0v) is 13.2. The molecule has 116 valence electrons. The number of ether oxygens (including phenoxy) is 2.